The zero-order valence-corrected chi connectivity index (χ0v) is 12.2. The molecule has 92 valence electrons. The number of hydrogen-bond acceptors (Lipinski definition) is 4. The molecule has 4 nitrogen and oxygen atoms in total. The molecule has 0 spiro atoms. The summed E-state index contributed by atoms with van der Waals surface area (Å²) >= 11 is 6.49. The van der Waals surface area contributed by atoms with Crippen molar-refractivity contribution in [1.29, 1.82) is 0 Å². The third-order valence-electron chi connectivity index (χ3n) is 2.18. The first-order valence-corrected chi connectivity index (χ1v) is 6.73. The van der Waals surface area contributed by atoms with Gasteiger partial charge < -0.3 is 14.2 Å². The van der Waals surface area contributed by atoms with Gasteiger partial charge in [0.25, 0.3) is 0 Å². The van der Waals surface area contributed by atoms with E-state index in [-0.39, 0.29) is 6.61 Å². The average molecular weight is 366 g/mol. The number of esters is 1. The van der Waals surface area contributed by atoms with Gasteiger partial charge in [0.2, 0.25) is 5.01 Å². The molecular weight excluding hydrogens is 356 g/mol. The summed E-state index contributed by atoms with van der Waals surface area (Å²) in [5.74, 6) is 0.540. The van der Waals surface area contributed by atoms with Crippen LogP contribution in [-0.2, 0) is 9.53 Å². The second-order valence-electron chi connectivity index (χ2n) is 3.35. The Hall–Kier alpha value is -0.750. The number of halogens is 2. The molecule has 0 saturated heterocycles. The Morgan fingerprint density at radius 1 is 1.47 bits per heavy atom. The Labute approximate surface area is 115 Å². The predicted molar refractivity (Wildman–Crippen MR) is 68.7 cm³/mol. The van der Waals surface area contributed by atoms with Crippen LogP contribution in [0.2, 0.25) is 0 Å². The summed E-state index contributed by atoms with van der Waals surface area (Å²) in [6.45, 7) is 2.01. The zero-order chi connectivity index (χ0) is 12.5. The van der Waals surface area contributed by atoms with Crippen molar-refractivity contribution in [2.24, 2.45) is 0 Å². The topological polar surface area (TPSA) is 44.8 Å². The molecule has 1 aliphatic heterocycles. The number of ether oxygens (including phenoxy) is 3. The minimum absolute atomic E-state index is 0.275. The largest absolute Gasteiger partial charge is 0.469 e. The van der Waals surface area contributed by atoms with Gasteiger partial charge >= 0.3 is 10.5 Å². The molecule has 0 aromatic heterocycles. The van der Waals surface area contributed by atoms with Crippen molar-refractivity contribution >= 4 is 37.8 Å². The van der Waals surface area contributed by atoms with Gasteiger partial charge in [0.05, 0.1) is 6.61 Å². The lowest BCUT2D eigenvalue weighted by Gasteiger charge is -2.35. The van der Waals surface area contributed by atoms with E-state index in [4.69, 9.17) is 14.2 Å². The molecule has 0 amide bonds. The number of para-hydroxylation sites is 2. The van der Waals surface area contributed by atoms with Gasteiger partial charge in [-0.2, -0.15) is 0 Å². The van der Waals surface area contributed by atoms with E-state index in [1.54, 1.807) is 25.1 Å². The van der Waals surface area contributed by atoms with E-state index in [1.807, 2.05) is 6.07 Å². The quantitative estimate of drug-likeness (QED) is 0.597. The standard InChI is InChI=1S/C11H10Br2O4/c1-2-15-10(14)11(13)9(12)16-7-5-3-4-6-8(7)17-11/h3-6,9H,2H2,1H3. The van der Waals surface area contributed by atoms with Crippen LogP contribution in [0.25, 0.3) is 0 Å². The lowest BCUT2D eigenvalue weighted by Crippen LogP contribution is -2.51. The molecule has 1 aromatic carbocycles. The molecule has 2 atom stereocenters. The highest BCUT2D eigenvalue weighted by molar-refractivity contribution is 9.12. The summed E-state index contributed by atoms with van der Waals surface area (Å²) < 4.78 is 14.8. The maximum absolute atomic E-state index is 11.8. The average Bonchev–Trinajstić information content (AvgIpc) is 2.31. The van der Waals surface area contributed by atoms with Crippen molar-refractivity contribution in [3.05, 3.63) is 24.3 Å². The van der Waals surface area contributed by atoms with Crippen LogP contribution < -0.4 is 9.47 Å². The summed E-state index contributed by atoms with van der Waals surface area (Å²) in [5.41, 5.74) is 0. The Kier molecular flexibility index (Phi) is 3.63. The van der Waals surface area contributed by atoms with Crippen molar-refractivity contribution < 1.29 is 19.0 Å². The first kappa shape index (κ1) is 12.7. The van der Waals surface area contributed by atoms with Gasteiger partial charge in [0, 0.05) is 0 Å². The van der Waals surface area contributed by atoms with Crippen molar-refractivity contribution in [3.63, 3.8) is 0 Å². The van der Waals surface area contributed by atoms with E-state index in [1.165, 1.54) is 0 Å². The molecule has 1 heterocycles. The fraction of sp³-hybridized carbons (Fsp3) is 0.364. The molecule has 0 N–H and O–H groups in total. The van der Waals surface area contributed by atoms with Crippen LogP contribution in [-0.4, -0.2) is 22.1 Å². The van der Waals surface area contributed by atoms with Crippen LogP contribution in [0.4, 0.5) is 0 Å². The number of carbonyl (C=O) groups is 1. The summed E-state index contributed by atoms with van der Waals surface area (Å²) in [6.07, 6.45) is 0. The van der Waals surface area contributed by atoms with Crippen LogP contribution >= 0.6 is 31.9 Å². The highest BCUT2D eigenvalue weighted by Gasteiger charge is 2.51. The molecule has 6 heteroatoms. The lowest BCUT2D eigenvalue weighted by atomic mass is 10.2. The van der Waals surface area contributed by atoms with E-state index >= 15 is 0 Å². The van der Waals surface area contributed by atoms with Crippen molar-refractivity contribution in [2.45, 2.75) is 16.4 Å². The number of carbonyl (C=O) groups excluding carboxylic acids is 1. The van der Waals surface area contributed by atoms with Gasteiger partial charge in [-0.05, 0) is 50.9 Å². The maximum atomic E-state index is 11.8. The van der Waals surface area contributed by atoms with Crippen molar-refractivity contribution in [2.75, 3.05) is 6.61 Å². The first-order valence-electron chi connectivity index (χ1n) is 5.03. The first-order chi connectivity index (χ1) is 8.08. The maximum Gasteiger partial charge on any atom is 0.366 e. The molecule has 17 heavy (non-hydrogen) atoms. The second kappa shape index (κ2) is 4.86. The minimum atomic E-state index is -1.36. The van der Waals surface area contributed by atoms with E-state index in [0.29, 0.717) is 11.5 Å². The fourth-order valence-electron chi connectivity index (χ4n) is 1.39. The Bertz CT molecular complexity index is 437. The highest BCUT2D eigenvalue weighted by Crippen LogP contribution is 2.43. The Morgan fingerprint density at radius 3 is 2.76 bits per heavy atom. The predicted octanol–water partition coefficient (Wildman–Crippen LogP) is 2.83. The molecule has 2 unspecified atom stereocenters. The fourth-order valence-corrected chi connectivity index (χ4v) is 2.25. The van der Waals surface area contributed by atoms with Crippen molar-refractivity contribution in [1.82, 2.24) is 0 Å². The Morgan fingerprint density at radius 2 is 2.12 bits per heavy atom. The number of benzene rings is 1. The molecule has 0 saturated carbocycles. The van der Waals surface area contributed by atoms with Gasteiger partial charge in [0.15, 0.2) is 11.5 Å². The van der Waals surface area contributed by atoms with Gasteiger partial charge in [-0.3, -0.25) is 0 Å². The highest BCUT2D eigenvalue weighted by atomic mass is 79.9. The van der Waals surface area contributed by atoms with Crippen LogP contribution in [0.15, 0.2) is 24.3 Å². The summed E-state index contributed by atoms with van der Waals surface area (Å²) in [6, 6.07) is 7.12. The molecule has 0 radical (unpaired) electrons. The van der Waals surface area contributed by atoms with E-state index in [9.17, 15) is 4.79 Å². The van der Waals surface area contributed by atoms with Gasteiger partial charge in [0.1, 0.15) is 0 Å². The molecule has 1 aromatic rings. The van der Waals surface area contributed by atoms with E-state index < -0.39 is 15.5 Å². The molecule has 0 fully saturated rings. The van der Waals surface area contributed by atoms with Gasteiger partial charge in [-0.25, -0.2) is 4.79 Å². The van der Waals surface area contributed by atoms with E-state index in [0.717, 1.165) is 0 Å². The number of fused-ring (bicyclic) bond motifs is 1. The third-order valence-corrected chi connectivity index (χ3v) is 4.53. The lowest BCUT2D eigenvalue weighted by molar-refractivity contribution is -0.157. The monoisotopic (exact) mass is 364 g/mol. The van der Waals surface area contributed by atoms with Gasteiger partial charge in [-0.15, -0.1) is 0 Å². The van der Waals surface area contributed by atoms with Crippen LogP contribution in [0.5, 0.6) is 11.5 Å². The van der Waals surface area contributed by atoms with Crippen LogP contribution in [0.1, 0.15) is 6.92 Å². The Balaban J connectivity index is 2.30. The van der Waals surface area contributed by atoms with Crippen molar-refractivity contribution in [3.8, 4) is 11.5 Å². The molecule has 2 rings (SSSR count). The zero-order valence-electron chi connectivity index (χ0n) is 8.98. The second-order valence-corrected chi connectivity index (χ2v) is 5.36. The number of rotatable bonds is 2. The third kappa shape index (κ3) is 2.28. The number of hydrogen-bond donors (Lipinski definition) is 0. The molecular formula is C11H10Br2O4. The molecule has 0 aliphatic carbocycles. The number of alkyl halides is 2. The SMILES string of the molecule is CCOC(=O)C1(Br)Oc2ccccc2OC1Br. The molecule has 0 bridgehead atoms. The molecule has 1 aliphatic rings. The summed E-state index contributed by atoms with van der Waals surface area (Å²) in [5, 5.41) is -0.663. The summed E-state index contributed by atoms with van der Waals surface area (Å²) in [7, 11) is 0. The smallest absolute Gasteiger partial charge is 0.366 e. The summed E-state index contributed by atoms with van der Waals surface area (Å²) in [4.78, 5) is 11.8. The van der Waals surface area contributed by atoms with Gasteiger partial charge in [-0.1, -0.05) is 12.1 Å². The minimum Gasteiger partial charge on any atom is -0.469 e. The van der Waals surface area contributed by atoms with Crippen LogP contribution in [0.3, 0.4) is 0 Å². The van der Waals surface area contributed by atoms with Crippen LogP contribution in [0, 0.1) is 0 Å². The normalized spacial score (nSPS) is 26.4. The van der Waals surface area contributed by atoms with E-state index in [2.05, 4.69) is 31.9 Å².